The molecule has 0 bridgehead atoms. The molecule has 0 saturated carbocycles. The third-order valence-electron chi connectivity index (χ3n) is 2.21. The van der Waals surface area contributed by atoms with Gasteiger partial charge in [-0.2, -0.15) is 0 Å². The molecule has 12 heavy (non-hydrogen) atoms. The minimum atomic E-state index is 0.318. The van der Waals surface area contributed by atoms with E-state index in [1.165, 1.54) is 0 Å². The Labute approximate surface area is 74.0 Å². The molecule has 0 heterocycles. The fourth-order valence-electron chi connectivity index (χ4n) is 1.50. The van der Waals surface area contributed by atoms with E-state index in [-0.39, 0.29) is 0 Å². The van der Waals surface area contributed by atoms with E-state index in [4.69, 9.17) is 0 Å². The number of allylic oxidation sites excluding steroid dienone is 1. The van der Waals surface area contributed by atoms with Crippen molar-refractivity contribution in [2.45, 2.75) is 26.7 Å². The molecule has 1 aliphatic carbocycles. The zero-order valence-electron chi connectivity index (χ0n) is 7.89. The summed E-state index contributed by atoms with van der Waals surface area (Å²) in [5, 5.41) is 3.32. The quantitative estimate of drug-likeness (QED) is 0.643. The summed E-state index contributed by atoms with van der Waals surface area (Å²) in [6.07, 6.45) is 3.96. The molecule has 1 aliphatic rings. The zero-order chi connectivity index (χ0) is 8.97. The summed E-state index contributed by atoms with van der Waals surface area (Å²) in [7, 11) is 0. The monoisotopic (exact) mass is 167 g/mol. The second-order valence-electron chi connectivity index (χ2n) is 3.44. The molecule has 1 N–H and O–H groups in total. The zero-order valence-corrected chi connectivity index (χ0v) is 7.89. The van der Waals surface area contributed by atoms with Crippen LogP contribution in [0, 0.1) is 5.92 Å². The number of rotatable bonds is 4. The van der Waals surface area contributed by atoms with Gasteiger partial charge >= 0.3 is 0 Å². The van der Waals surface area contributed by atoms with E-state index in [9.17, 15) is 4.79 Å². The Morgan fingerprint density at radius 2 is 2.42 bits per heavy atom. The highest BCUT2D eigenvalue weighted by Crippen LogP contribution is 2.19. The molecule has 0 spiro atoms. The summed E-state index contributed by atoms with van der Waals surface area (Å²) < 4.78 is 0. The highest BCUT2D eigenvalue weighted by atomic mass is 16.1. The number of hydrogen-bond acceptors (Lipinski definition) is 2. The van der Waals surface area contributed by atoms with Crippen molar-refractivity contribution in [3.05, 3.63) is 11.6 Å². The highest BCUT2D eigenvalue weighted by molar-refractivity contribution is 5.97. The molecule has 0 saturated heterocycles. The average molecular weight is 167 g/mol. The van der Waals surface area contributed by atoms with Gasteiger partial charge < -0.3 is 5.32 Å². The van der Waals surface area contributed by atoms with E-state index < -0.39 is 0 Å². The lowest BCUT2D eigenvalue weighted by molar-refractivity contribution is -0.115. The summed E-state index contributed by atoms with van der Waals surface area (Å²) in [6, 6.07) is 0. The van der Waals surface area contributed by atoms with Gasteiger partial charge in [0.1, 0.15) is 0 Å². The van der Waals surface area contributed by atoms with Crippen molar-refractivity contribution in [1.29, 1.82) is 0 Å². The van der Waals surface area contributed by atoms with E-state index in [1.54, 1.807) is 0 Å². The Morgan fingerprint density at radius 1 is 1.67 bits per heavy atom. The molecule has 1 rings (SSSR count). The van der Waals surface area contributed by atoms with E-state index >= 15 is 0 Å². The molecular weight excluding hydrogens is 150 g/mol. The molecule has 0 aromatic rings. The van der Waals surface area contributed by atoms with Crippen molar-refractivity contribution in [2.75, 3.05) is 13.1 Å². The van der Waals surface area contributed by atoms with Crippen LogP contribution in [-0.2, 0) is 4.79 Å². The van der Waals surface area contributed by atoms with Gasteiger partial charge in [-0.1, -0.05) is 13.0 Å². The minimum absolute atomic E-state index is 0.318. The van der Waals surface area contributed by atoms with Crippen LogP contribution in [0.4, 0.5) is 0 Å². The normalized spacial score (nSPS) is 23.0. The van der Waals surface area contributed by atoms with Gasteiger partial charge in [0.05, 0.1) is 0 Å². The van der Waals surface area contributed by atoms with Crippen LogP contribution in [0.3, 0.4) is 0 Å². The molecule has 0 aromatic heterocycles. The van der Waals surface area contributed by atoms with Crippen molar-refractivity contribution >= 4 is 5.78 Å². The van der Waals surface area contributed by atoms with Crippen LogP contribution in [0.1, 0.15) is 26.7 Å². The number of hydrogen-bond donors (Lipinski definition) is 1. The summed E-state index contributed by atoms with van der Waals surface area (Å²) in [6.45, 7) is 6.06. The standard InChI is InChI=1S/C10H17NO/c1-3-4-11-7-9-5-8(2)10(12)6-9/h5,9,11H,3-4,6-7H2,1-2H3/t9-/m1/s1. The Kier molecular flexibility index (Phi) is 3.48. The van der Waals surface area contributed by atoms with Crippen LogP contribution >= 0.6 is 0 Å². The van der Waals surface area contributed by atoms with Gasteiger partial charge in [-0.25, -0.2) is 0 Å². The maximum absolute atomic E-state index is 11.1. The Morgan fingerprint density at radius 3 is 2.92 bits per heavy atom. The molecule has 0 fully saturated rings. The van der Waals surface area contributed by atoms with Crippen molar-refractivity contribution < 1.29 is 4.79 Å². The van der Waals surface area contributed by atoms with Gasteiger partial charge in [0, 0.05) is 13.0 Å². The molecule has 0 amide bonds. The average Bonchev–Trinajstić information content (AvgIpc) is 2.32. The van der Waals surface area contributed by atoms with E-state index in [1.807, 2.05) is 6.92 Å². The minimum Gasteiger partial charge on any atom is -0.316 e. The molecular formula is C10H17NO. The Bertz CT molecular complexity index is 196. The molecule has 68 valence electrons. The summed E-state index contributed by atoms with van der Waals surface area (Å²) in [5.41, 5.74) is 0.943. The van der Waals surface area contributed by atoms with Crippen molar-refractivity contribution in [3.8, 4) is 0 Å². The lowest BCUT2D eigenvalue weighted by atomic mass is 10.1. The largest absolute Gasteiger partial charge is 0.316 e. The Balaban J connectivity index is 2.24. The lowest BCUT2D eigenvalue weighted by Gasteiger charge is -2.06. The number of carbonyl (C=O) groups excluding carboxylic acids is 1. The van der Waals surface area contributed by atoms with Gasteiger partial charge in [-0.15, -0.1) is 0 Å². The maximum atomic E-state index is 11.1. The molecule has 0 unspecified atom stereocenters. The van der Waals surface area contributed by atoms with Gasteiger partial charge in [-0.3, -0.25) is 4.79 Å². The molecule has 0 aromatic carbocycles. The molecule has 0 radical (unpaired) electrons. The van der Waals surface area contributed by atoms with Crippen molar-refractivity contribution in [3.63, 3.8) is 0 Å². The second-order valence-corrected chi connectivity index (χ2v) is 3.44. The summed E-state index contributed by atoms with van der Waals surface area (Å²) in [5.74, 6) is 0.766. The first-order chi connectivity index (χ1) is 5.74. The molecule has 2 nitrogen and oxygen atoms in total. The van der Waals surface area contributed by atoms with E-state index in [0.717, 1.165) is 25.1 Å². The van der Waals surface area contributed by atoms with Crippen LogP contribution in [0.2, 0.25) is 0 Å². The first kappa shape index (κ1) is 9.46. The highest BCUT2D eigenvalue weighted by Gasteiger charge is 2.19. The number of ketones is 1. The Hall–Kier alpha value is -0.630. The van der Waals surface area contributed by atoms with E-state index in [0.29, 0.717) is 18.1 Å². The third kappa shape index (κ3) is 2.45. The van der Waals surface area contributed by atoms with Crippen molar-refractivity contribution in [2.24, 2.45) is 5.92 Å². The maximum Gasteiger partial charge on any atom is 0.158 e. The lowest BCUT2D eigenvalue weighted by Crippen LogP contribution is -2.21. The molecule has 2 heteroatoms. The van der Waals surface area contributed by atoms with Gasteiger partial charge in [-0.05, 0) is 31.4 Å². The summed E-state index contributed by atoms with van der Waals surface area (Å²) in [4.78, 5) is 11.1. The SMILES string of the molecule is CCCNC[C@@H]1C=C(C)C(=O)C1. The van der Waals surface area contributed by atoms with Gasteiger partial charge in [0.25, 0.3) is 0 Å². The molecule has 1 atom stereocenters. The third-order valence-corrected chi connectivity index (χ3v) is 2.21. The van der Waals surface area contributed by atoms with Crippen LogP contribution in [0.25, 0.3) is 0 Å². The van der Waals surface area contributed by atoms with Gasteiger partial charge in [0.2, 0.25) is 0 Å². The fourth-order valence-corrected chi connectivity index (χ4v) is 1.50. The first-order valence-electron chi connectivity index (χ1n) is 4.66. The first-order valence-corrected chi connectivity index (χ1v) is 4.66. The molecule has 0 aliphatic heterocycles. The fraction of sp³-hybridized carbons (Fsp3) is 0.700. The van der Waals surface area contributed by atoms with Crippen LogP contribution < -0.4 is 5.32 Å². The van der Waals surface area contributed by atoms with E-state index in [2.05, 4.69) is 18.3 Å². The topological polar surface area (TPSA) is 29.1 Å². The predicted molar refractivity (Wildman–Crippen MR) is 50.0 cm³/mol. The predicted octanol–water partition coefficient (Wildman–Crippen LogP) is 1.52. The number of Topliss-reactive ketones (excluding diaryl/α,β-unsaturated/α-hetero) is 1. The van der Waals surface area contributed by atoms with Gasteiger partial charge in [0.15, 0.2) is 5.78 Å². The van der Waals surface area contributed by atoms with Crippen molar-refractivity contribution in [1.82, 2.24) is 5.32 Å². The smallest absolute Gasteiger partial charge is 0.158 e. The van der Waals surface area contributed by atoms with Crippen LogP contribution in [0.15, 0.2) is 11.6 Å². The summed E-state index contributed by atoms with van der Waals surface area (Å²) >= 11 is 0. The van der Waals surface area contributed by atoms with Crippen LogP contribution in [0.5, 0.6) is 0 Å². The second kappa shape index (κ2) is 4.41. The number of nitrogens with one attached hydrogen (secondary N) is 1. The van der Waals surface area contributed by atoms with Crippen LogP contribution in [-0.4, -0.2) is 18.9 Å². The number of carbonyl (C=O) groups is 1.